The Balaban J connectivity index is 1.43. The molecule has 3 rings (SSSR count). The quantitative estimate of drug-likeness (QED) is 0.843. The Morgan fingerprint density at radius 3 is 3.00 bits per heavy atom. The highest BCUT2D eigenvalue weighted by Crippen LogP contribution is 2.30. The Kier molecular flexibility index (Phi) is 5.61. The molecule has 0 saturated heterocycles. The maximum absolute atomic E-state index is 12.0. The summed E-state index contributed by atoms with van der Waals surface area (Å²) >= 11 is 0. The summed E-state index contributed by atoms with van der Waals surface area (Å²) in [4.78, 5) is 20.7. The van der Waals surface area contributed by atoms with Gasteiger partial charge in [-0.2, -0.15) is 4.98 Å². The highest BCUT2D eigenvalue weighted by molar-refractivity contribution is 5.75. The molecule has 0 radical (unpaired) electrons. The van der Waals surface area contributed by atoms with Crippen molar-refractivity contribution in [3.63, 3.8) is 0 Å². The van der Waals surface area contributed by atoms with E-state index in [1.54, 1.807) is 6.20 Å². The molecule has 0 unspecified atom stereocenters. The van der Waals surface area contributed by atoms with Gasteiger partial charge < -0.3 is 14.4 Å². The van der Waals surface area contributed by atoms with E-state index in [4.69, 9.17) is 4.52 Å². The highest BCUT2D eigenvalue weighted by Gasteiger charge is 2.20. The summed E-state index contributed by atoms with van der Waals surface area (Å²) in [5.74, 6) is 2.67. The van der Waals surface area contributed by atoms with Crippen LogP contribution in [0.4, 0.5) is 0 Å². The molecule has 24 heavy (non-hydrogen) atoms. The van der Waals surface area contributed by atoms with Crippen molar-refractivity contribution in [3.05, 3.63) is 29.9 Å². The molecular weight excluding hydrogens is 306 g/mol. The van der Waals surface area contributed by atoms with Gasteiger partial charge in [0.2, 0.25) is 11.8 Å². The third-order valence-electron chi connectivity index (χ3n) is 4.59. The molecule has 1 saturated carbocycles. The molecule has 1 fully saturated rings. The standard InChI is InChI=1S/C17H25N5O2/c1-2-14-18-9-11-22(14)10-8-15(23)19-12-16-20-17(21-24-16)13-6-4-3-5-7-13/h9,11,13H,2-8,10,12H2,1H3,(H,19,23). The van der Waals surface area contributed by atoms with Crippen molar-refractivity contribution in [2.24, 2.45) is 0 Å². The molecule has 0 bridgehead atoms. The maximum atomic E-state index is 12.0. The number of imidazole rings is 1. The molecule has 130 valence electrons. The molecule has 7 nitrogen and oxygen atoms in total. The third-order valence-corrected chi connectivity index (χ3v) is 4.59. The van der Waals surface area contributed by atoms with Gasteiger partial charge in [-0.3, -0.25) is 4.79 Å². The number of aryl methyl sites for hydroxylation is 2. The summed E-state index contributed by atoms with van der Waals surface area (Å²) in [6, 6.07) is 0. The number of nitrogens with zero attached hydrogens (tertiary/aromatic N) is 4. The lowest BCUT2D eigenvalue weighted by Gasteiger charge is -2.17. The number of carbonyl (C=O) groups excluding carboxylic acids is 1. The van der Waals surface area contributed by atoms with Gasteiger partial charge in [0.1, 0.15) is 5.82 Å². The van der Waals surface area contributed by atoms with Crippen LogP contribution in [0, 0.1) is 0 Å². The maximum Gasteiger partial charge on any atom is 0.246 e. The van der Waals surface area contributed by atoms with Crippen molar-refractivity contribution in [2.45, 2.75) is 70.9 Å². The molecule has 0 atom stereocenters. The van der Waals surface area contributed by atoms with Crippen LogP contribution in [0.2, 0.25) is 0 Å². The molecule has 1 amide bonds. The fourth-order valence-electron chi connectivity index (χ4n) is 3.21. The average molecular weight is 331 g/mol. The fraction of sp³-hybridized carbons (Fsp3) is 0.647. The van der Waals surface area contributed by atoms with E-state index in [0.29, 0.717) is 31.3 Å². The first kappa shape index (κ1) is 16.7. The molecule has 0 aromatic carbocycles. The van der Waals surface area contributed by atoms with E-state index in [1.807, 2.05) is 10.8 Å². The lowest BCUT2D eigenvalue weighted by molar-refractivity contribution is -0.121. The van der Waals surface area contributed by atoms with Crippen molar-refractivity contribution in [2.75, 3.05) is 0 Å². The Morgan fingerprint density at radius 1 is 1.38 bits per heavy atom. The van der Waals surface area contributed by atoms with Gasteiger partial charge >= 0.3 is 0 Å². The number of rotatable bonds is 7. The van der Waals surface area contributed by atoms with Crippen molar-refractivity contribution in [1.29, 1.82) is 0 Å². The van der Waals surface area contributed by atoms with Crippen LogP contribution >= 0.6 is 0 Å². The minimum atomic E-state index is -0.0248. The second-order valence-electron chi connectivity index (χ2n) is 6.30. The molecule has 0 spiro atoms. The molecule has 0 aliphatic heterocycles. The minimum absolute atomic E-state index is 0.0248. The SMILES string of the molecule is CCc1nccn1CCC(=O)NCc1nc(C2CCCCC2)no1. The van der Waals surface area contributed by atoms with Gasteiger partial charge in [-0.05, 0) is 12.8 Å². The summed E-state index contributed by atoms with van der Waals surface area (Å²) in [7, 11) is 0. The number of amides is 1. The molecule has 1 aliphatic rings. The van der Waals surface area contributed by atoms with E-state index >= 15 is 0 Å². The fourth-order valence-corrected chi connectivity index (χ4v) is 3.21. The van der Waals surface area contributed by atoms with E-state index in [0.717, 1.165) is 30.9 Å². The number of hydrogen-bond acceptors (Lipinski definition) is 5. The topological polar surface area (TPSA) is 85.8 Å². The van der Waals surface area contributed by atoms with Crippen LogP contribution < -0.4 is 5.32 Å². The molecule has 2 heterocycles. The Labute approximate surface area is 141 Å². The average Bonchev–Trinajstić information content (AvgIpc) is 3.28. The largest absolute Gasteiger partial charge is 0.347 e. The van der Waals surface area contributed by atoms with Crippen LogP contribution in [0.5, 0.6) is 0 Å². The van der Waals surface area contributed by atoms with Crippen LogP contribution in [0.1, 0.15) is 68.9 Å². The lowest BCUT2D eigenvalue weighted by Crippen LogP contribution is -2.24. The van der Waals surface area contributed by atoms with Gasteiger partial charge in [-0.15, -0.1) is 0 Å². The zero-order chi connectivity index (χ0) is 16.8. The summed E-state index contributed by atoms with van der Waals surface area (Å²) < 4.78 is 7.27. The predicted octanol–water partition coefficient (Wildman–Crippen LogP) is 2.58. The van der Waals surface area contributed by atoms with E-state index in [-0.39, 0.29) is 5.91 Å². The second-order valence-corrected chi connectivity index (χ2v) is 6.30. The van der Waals surface area contributed by atoms with Crippen LogP contribution in [0.15, 0.2) is 16.9 Å². The zero-order valence-corrected chi connectivity index (χ0v) is 14.2. The number of hydrogen-bond donors (Lipinski definition) is 1. The summed E-state index contributed by atoms with van der Waals surface area (Å²) in [5, 5.41) is 6.92. The molecule has 2 aromatic heterocycles. The highest BCUT2D eigenvalue weighted by atomic mass is 16.5. The van der Waals surface area contributed by atoms with Gasteiger partial charge in [0.15, 0.2) is 5.82 Å². The summed E-state index contributed by atoms with van der Waals surface area (Å²) in [6.45, 7) is 2.98. The molecular formula is C17H25N5O2. The van der Waals surface area contributed by atoms with Crippen molar-refractivity contribution < 1.29 is 9.32 Å². The van der Waals surface area contributed by atoms with Crippen molar-refractivity contribution in [1.82, 2.24) is 25.0 Å². The number of carbonyl (C=O) groups is 1. The van der Waals surface area contributed by atoms with E-state index in [1.165, 1.54) is 19.3 Å². The van der Waals surface area contributed by atoms with E-state index in [2.05, 4.69) is 27.4 Å². The zero-order valence-electron chi connectivity index (χ0n) is 14.2. The van der Waals surface area contributed by atoms with Gasteiger partial charge in [-0.25, -0.2) is 4.98 Å². The molecule has 2 aromatic rings. The lowest BCUT2D eigenvalue weighted by atomic mass is 9.89. The first-order chi connectivity index (χ1) is 11.8. The second kappa shape index (κ2) is 8.08. The van der Waals surface area contributed by atoms with E-state index < -0.39 is 0 Å². The summed E-state index contributed by atoms with van der Waals surface area (Å²) in [5.41, 5.74) is 0. The normalized spacial score (nSPS) is 15.5. The Hall–Kier alpha value is -2.18. The smallest absolute Gasteiger partial charge is 0.246 e. The number of nitrogens with one attached hydrogen (secondary N) is 1. The van der Waals surface area contributed by atoms with Crippen LogP contribution in [-0.4, -0.2) is 25.6 Å². The molecule has 1 N–H and O–H groups in total. The minimum Gasteiger partial charge on any atom is -0.347 e. The van der Waals surface area contributed by atoms with Crippen molar-refractivity contribution in [3.8, 4) is 0 Å². The molecule has 1 aliphatic carbocycles. The first-order valence-corrected chi connectivity index (χ1v) is 8.85. The number of aromatic nitrogens is 4. The first-order valence-electron chi connectivity index (χ1n) is 8.85. The van der Waals surface area contributed by atoms with Crippen molar-refractivity contribution >= 4 is 5.91 Å². The van der Waals surface area contributed by atoms with Gasteiger partial charge in [0, 0.05) is 37.7 Å². The Morgan fingerprint density at radius 2 is 2.21 bits per heavy atom. The van der Waals surface area contributed by atoms with Crippen LogP contribution in [0.3, 0.4) is 0 Å². The van der Waals surface area contributed by atoms with Gasteiger partial charge in [0.05, 0.1) is 6.54 Å². The van der Waals surface area contributed by atoms with Crippen LogP contribution in [-0.2, 0) is 24.3 Å². The summed E-state index contributed by atoms with van der Waals surface area (Å²) in [6.07, 6.45) is 11.0. The van der Waals surface area contributed by atoms with Gasteiger partial charge in [-0.1, -0.05) is 31.3 Å². The third kappa shape index (κ3) is 4.21. The van der Waals surface area contributed by atoms with E-state index in [9.17, 15) is 4.79 Å². The predicted molar refractivity (Wildman–Crippen MR) is 88.2 cm³/mol. The monoisotopic (exact) mass is 331 g/mol. The molecule has 7 heteroatoms. The van der Waals surface area contributed by atoms with Crippen LogP contribution in [0.25, 0.3) is 0 Å². The Bertz CT molecular complexity index is 657. The van der Waals surface area contributed by atoms with Gasteiger partial charge in [0.25, 0.3) is 0 Å².